The molecule has 0 radical (unpaired) electrons. The molecule has 27 heavy (non-hydrogen) atoms. The van der Waals surface area contributed by atoms with Crippen molar-refractivity contribution in [3.63, 3.8) is 0 Å². The Kier molecular flexibility index (Phi) is 7.35. The number of rotatable bonds is 6. The van der Waals surface area contributed by atoms with E-state index in [1.165, 1.54) is 26.2 Å². The van der Waals surface area contributed by atoms with Crippen molar-refractivity contribution in [2.24, 2.45) is 0 Å². The van der Waals surface area contributed by atoms with E-state index in [-0.39, 0.29) is 12.1 Å². The van der Waals surface area contributed by atoms with E-state index in [9.17, 15) is 9.59 Å². The van der Waals surface area contributed by atoms with Crippen LogP contribution in [0.15, 0.2) is 34.8 Å². The lowest BCUT2D eigenvalue weighted by molar-refractivity contribution is -0.116. The van der Waals surface area contributed by atoms with Crippen LogP contribution in [0.3, 0.4) is 0 Å². The second-order valence-electron chi connectivity index (χ2n) is 5.50. The van der Waals surface area contributed by atoms with E-state index < -0.39 is 11.8 Å². The van der Waals surface area contributed by atoms with Gasteiger partial charge in [-0.15, -0.1) is 0 Å². The minimum absolute atomic E-state index is 0.210. The van der Waals surface area contributed by atoms with Crippen molar-refractivity contribution in [1.29, 1.82) is 0 Å². The highest BCUT2D eigenvalue weighted by Gasteiger charge is 2.22. The molecule has 0 bridgehead atoms. The molecule has 2 aromatic rings. The van der Waals surface area contributed by atoms with Gasteiger partial charge in [-0.25, -0.2) is 0 Å². The maximum atomic E-state index is 12.8. The third-order valence-corrected chi connectivity index (χ3v) is 4.86. The molecule has 2 amide bonds. The number of halogens is 3. The molecule has 2 aromatic carbocycles. The van der Waals surface area contributed by atoms with Gasteiger partial charge in [-0.2, -0.15) is 0 Å². The number of ether oxygens (including phenoxy) is 2. The van der Waals surface area contributed by atoms with Crippen molar-refractivity contribution in [3.8, 4) is 11.5 Å². The number of likely N-dealkylation sites (N-methyl/N-ethyl adjacent to an activating group) is 1. The number of nitrogens with zero attached hydrogens (tertiary/aromatic N) is 1. The van der Waals surface area contributed by atoms with Crippen LogP contribution >= 0.6 is 39.1 Å². The smallest absolute Gasteiger partial charge is 0.258 e. The van der Waals surface area contributed by atoms with Crippen molar-refractivity contribution in [1.82, 2.24) is 4.90 Å². The molecule has 0 unspecified atom stereocenters. The number of para-hydroxylation sites is 1. The molecule has 9 heteroatoms. The van der Waals surface area contributed by atoms with Gasteiger partial charge in [-0.3, -0.25) is 9.59 Å². The zero-order valence-corrected chi connectivity index (χ0v) is 17.9. The van der Waals surface area contributed by atoms with Crippen LogP contribution < -0.4 is 14.8 Å². The highest BCUT2D eigenvalue weighted by molar-refractivity contribution is 9.10. The van der Waals surface area contributed by atoms with Crippen LogP contribution in [0, 0.1) is 0 Å². The van der Waals surface area contributed by atoms with Crippen molar-refractivity contribution < 1.29 is 19.1 Å². The number of anilines is 1. The van der Waals surface area contributed by atoms with Gasteiger partial charge >= 0.3 is 0 Å². The standard InChI is InChI=1S/C18H17BrCl2N2O4/c1-23(9-15(24)22-16-13(20)5-4-6-14(16)21)18(25)11-7-10(26-2)8-12(19)17(11)27-3/h4-8H,9H2,1-3H3,(H,22,24). The minimum Gasteiger partial charge on any atom is -0.497 e. The number of benzene rings is 2. The monoisotopic (exact) mass is 474 g/mol. The molecule has 0 saturated heterocycles. The number of carbonyl (C=O) groups is 2. The summed E-state index contributed by atoms with van der Waals surface area (Å²) in [5.41, 5.74) is 0.559. The van der Waals surface area contributed by atoms with Crippen molar-refractivity contribution in [3.05, 3.63) is 50.4 Å². The van der Waals surface area contributed by atoms with Crippen LogP contribution in [0.2, 0.25) is 10.0 Å². The maximum absolute atomic E-state index is 12.8. The third kappa shape index (κ3) is 5.06. The average Bonchev–Trinajstić information content (AvgIpc) is 2.63. The lowest BCUT2D eigenvalue weighted by atomic mass is 10.1. The van der Waals surface area contributed by atoms with Gasteiger partial charge in [-0.05, 0) is 40.2 Å². The van der Waals surface area contributed by atoms with E-state index in [4.69, 9.17) is 32.7 Å². The lowest BCUT2D eigenvalue weighted by Gasteiger charge is -2.20. The van der Waals surface area contributed by atoms with E-state index in [0.717, 1.165) is 0 Å². The number of nitrogens with one attached hydrogen (secondary N) is 1. The number of hydrogen-bond donors (Lipinski definition) is 1. The van der Waals surface area contributed by atoms with Crippen LogP contribution in [0.5, 0.6) is 11.5 Å². The quantitative estimate of drug-likeness (QED) is 0.668. The molecular weight excluding hydrogens is 459 g/mol. The number of amides is 2. The van der Waals surface area contributed by atoms with E-state index in [0.29, 0.717) is 31.7 Å². The van der Waals surface area contributed by atoms with Gasteiger partial charge in [0.25, 0.3) is 5.91 Å². The first-order valence-electron chi connectivity index (χ1n) is 7.69. The molecule has 144 valence electrons. The first kappa shape index (κ1) is 21.3. The summed E-state index contributed by atoms with van der Waals surface area (Å²) in [6.07, 6.45) is 0. The summed E-state index contributed by atoms with van der Waals surface area (Å²) in [4.78, 5) is 26.4. The average molecular weight is 476 g/mol. The fourth-order valence-electron chi connectivity index (χ4n) is 2.34. The molecule has 0 aliphatic heterocycles. The molecule has 0 saturated carbocycles. The van der Waals surface area contributed by atoms with Gasteiger partial charge < -0.3 is 19.7 Å². The molecule has 0 aliphatic carbocycles. The second-order valence-corrected chi connectivity index (χ2v) is 7.16. The van der Waals surface area contributed by atoms with Crippen LogP contribution in [-0.4, -0.2) is 44.5 Å². The van der Waals surface area contributed by atoms with Crippen LogP contribution in [0.4, 0.5) is 5.69 Å². The molecular formula is C18H17BrCl2N2O4. The Labute approximate surface area is 175 Å². The van der Waals surface area contributed by atoms with Gasteiger partial charge in [0.15, 0.2) is 0 Å². The Morgan fingerprint density at radius 2 is 1.78 bits per heavy atom. The van der Waals surface area contributed by atoms with Gasteiger partial charge in [0.05, 0.1) is 46.5 Å². The number of carbonyl (C=O) groups excluding carboxylic acids is 2. The molecule has 6 nitrogen and oxygen atoms in total. The number of hydrogen-bond acceptors (Lipinski definition) is 4. The summed E-state index contributed by atoms with van der Waals surface area (Å²) in [5.74, 6) is -0.0254. The van der Waals surface area contributed by atoms with Gasteiger partial charge in [0.1, 0.15) is 11.5 Å². The first-order valence-corrected chi connectivity index (χ1v) is 9.24. The highest BCUT2D eigenvalue weighted by atomic mass is 79.9. The van der Waals surface area contributed by atoms with Crippen molar-refractivity contribution in [2.45, 2.75) is 0 Å². The second kappa shape index (κ2) is 9.30. The van der Waals surface area contributed by atoms with Crippen molar-refractivity contribution >= 4 is 56.6 Å². The first-order chi connectivity index (χ1) is 12.8. The van der Waals surface area contributed by atoms with Crippen LogP contribution in [0.25, 0.3) is 0 Å². The van der Waals surface area contributed by atoms with E-state index in [2.05, 4.69) is 21.2 Å². The largest absolute Gasteiger partial charge is 0.497 e. The SMILES string of the molecule is COc1cc(Br)c(OC)c(C(=O)N(C)CC(=O)Nc2c(Cl)cccc2Cl)c1. The summed E-state index contributed by atoms with van der Waals surface area (Å²) in [7, 11) is 4.45. The lowest BCUT2D eigenvalue weighted by Crippen LogP contribution is -2.35. The van der Waals surface area contributed by atoms with Crippen molar-refractivity contribution in [2.75, 3.05) is 33.1 Å². The van der Waals surface area contributed by atoms with E-state index in [1.54, 1.807) is 30.3 Å². The van der Waals surface area contributed by atoms with Crippen LogP contribution in [0.1, 0.15) is 10.4 Å². The zero-order chi connectivity index (χ0) is 20.1. The zero-order valence-electron chi connectivity index (χ0n) is 14.8. The molecule has 0 spiro atoms. The predicted octanol–water partition coefficient (Wildman–Crippen LogP) is 4.48. The normalized spacial score (nSPS) is 10.3. The third-order valence-electron chi connectivity index (χ3n) is 3.64. The minimum atomic E-state index is -0.443. The maximum Gasteiger partial charge on any atom is 0.258 e. The molecule has 0 atom stereocenters. The Morgan fingerprint density at radius 3 is 2.33 bits per heavy atom. The summed E-state index contributed by atoms with van der Waals surface area (Å²) < 4.78 is 11.0. The van der Waals surface area contributed by atoms with Gasteiger partial charge in [0.2, 0.25) is 5.91 Å². The molecule has 0 aromatic heterocycles. The summed E-state index contributed by atoms with van der Waals surface area (Å²) in [6, 6.07) is 8.11. The highest BCUT2D eigenvalue weighted by Crippen LogP contribution is 2.34. The summed E-state index contributed by atoms with van der Waals surface area (Å²) in [5, 5.41) is 3.23. The molecule has 0 heterocycles. The fourth-order valence-corrected chi connectivity index (χ4v) is 3.43. The molecule has 0 fully saturated rings. The molecule has 1 N–H and O–H groups in total. The Hall–Kier alpha value is -1.96. The van der Waals surface area contributed by atoms with Crippen LogP contribution in [-0.2, 0) is 4.79 Å². The topological polar surface area (TPSA) is 67.9 Å². The Morgan fingerprint density at radius 1 is 1.15 bits per heavy atom. The fraction of sp³-hybridized carbons (Fsp3) is 0.222. The predicted molar refractivity (Wildman–Crippen MR) is 109 cm³/mol. The van der Waals surface area contributed by atoms with Gasteiger partial charge in [0, 0.05) is 7.05 Å². The summed E-state index contributed by atoms with van der Waals surface area (Å²) >= 11 is 15.4. The molecule has 0 aliphatic rings. The van der Waals surface area contributed by atoms with Gasteiger partial charge in [-0.1, -0.05) is 29.3 Å². The van der Waals surface area contributed by atoms with E-state index >= 15 is 0 Å². The Balaban J connectivity index is 2.18. The molecule has 2 rings (SSSR count). The number of methoxy groups -OCH3 is 2. The summed E-state index contributed by atoms with van der Waals surface area (Å²) in [6.45, 7) is -0.210. The van der Waals surface area contributed by atoms with E-state index in [1.807, 2.05) is 0 Å². The Bertz CT molecular complexity index is 856.